The zero-order valence-electron chi connectivity index (χ0n) is 25.3. The van der Waals surface area contributed by atoms with Crippen molar-refractivity contribution in [2.45, 2.75) is 101 Å². The zero-order chi connectivity index (χ0) is 32.1. The summed E-state index contributed by atoms with van der Waals surface area (Å²) in [6, 6.07) is 6.78. The van der Waals surface area contributed by atoms with Gasteiger partial charge in [0.2, 0.25) is 11.8 Å². The van der Waals surface area contributed by atoms with Crippen molar-refractivity contribution in [1.82, 2.24) is 15.5 Å². The summed E-state index contributed by atoms with van der Waals surface area (Å²) in [5.41, 5.74) is 11.9. The van der Waals surface area contributed by atoms with Crippen LogP contribution in [0.4, 0.5) is 0 Å². The number of unbranched alkanes of at least 4 members (excludes halogenated alkanes) is 2. The molecule has 1 aromatic rings. The maximum absolute atomic E-state index is 14.0. The van der Waals surface area contributed by atoms with Crippen LogP contribution in [0.3, 0.4) is 0 Å². The molecular formula is C30H48N5O8P. The number of hydrogen-bond acceptors (Lipinski definition) is 8. The summed E-state index contributed by atoms with van der Waals surface area (Å²) < 4.78 is 19.7. The average molecular weight is 638 g/mol. The first-order valence-electron chi connectivity index (χ1n) is 15.7. The van der Waals surface area contributed by atoms with Gasteiger partial charge in [0.15, 0.2) is 0 Å². The van der Waals surface area contributed by atoms with Gasteiger partial charge in [-0.25, -0.2) is 4.79 Å². The van der Waals surface area contributed by atoms with Crippen LogP contribution in [-0.2, 0) is 34.7 Å². The van der Waals surface area contributed by atoms with Gasteiger partial charge in [0, 0.05) is 18.9 Å². The molecule has 3 rings (SSSR count). The van der Waals surface area contributed by atoms with Gasteiger partial charge in [-0.05, 0) is 82.9 Å². The van der Waals surface area contributed by atoms with Crippen LogP contribution >= 0.6 is 7.60 Å². The summed E-state index contributed by atoms with van der Waals surface area (Å²) in [5, 5.41) is 15.1. The first-order chi connectivity index (χ1) is 21.1. The molecule has 0 radical (unpaired) electrons. The molecule has 1 saturated heterocycles. The van der Waals surface area contributed by atoms with E-state index < -0.39 is 49.4 Å². The molecule has 0 aromatic heterocycles. The van der Waals surface area contributed by atoms with Crippen molar-refractivity contribution in [1.29, 1.82) is 0 Å². The van der Waals surface area contributed by atoms with Crippen LogP contribution in [-0.4, -0.2) is 82.2 Å². The van der Waals surface area contributed by atoms with E-state index in [9.17, 15) is 33.7 Å². The minimum atomic E-state index is -4.77. The third-order valence-electron chi connectivity index (χ3n) is 8.33. The molecule has 3 amide bonds. The predicted octanol–water partition coefficient (Wildman–Crippen LogP) is 1.86. The lowest BCUT2D eigenvalue weighted by Crippen LogP contribution is -2.52. The fourth-order valence-corrected chi connectivity index (χ4v) is 6.93. The SMILES string of the molecule is NCCCCC(OP(=O)(O)[C@@H](Cc1ccccc1)NC(=O)[C@H](CCCCN)NC(=O)C1CCC1)C(=O)N1CCC[C@H]1C(=O)O. The van der Waals surface area contributed by atoms with Crippen molar-refractivity contribution in [2.24, 2.45) is 17.4 Å². The molecule has 2 unspecified atom stereocenters. The van der Waals surface area contributed by atoms with Gasteiger partial charge in [0.1, 0.15) is 24.0 Å². The summed E-state index contributed by atoms with van der Waals surface area (Å²) in [5.74, 6) is -4.30. The monoisotopic (exact) mass is 637 g/mol. The highest BCUT2D eigenvalue weighted by Gasteiger charge is 2.43. The molecule has 1 saturated carbocycles. The third kappa shape index (κ3) is 10.4. The Morgan fingerprint density at radius 1 is 0.955 bits per heavy atom. The van der Waals surface area contributed by atoms with Crippen LogP contribution < -0.4 is 22.1 Å². The number of carbonyl (C=O) groups is 4. The molecular weight excluding hydrogens is 589 g/mol. The fourth-order valence-electron chi connectivity index (χ4n) is 5.50. The fraction of sp³-hybridized carbons (Fsp3) is 0.667. The van der Waals surface area contributed by atoms with E-state index in [1.165, 1.54) is 4.90 Å². The molecule has 14 heteroatoms. The Bertz CT molecular complexity index is 1150. The summed E-state index contributed by atoms with van der Waals surface area (Å²) in [6.07, 6.45) is 4.19. The van der Waals surface area contributed by atoms with E-state index in [2.05, 4.69) is 10.6 Å². The summed E-state index contributed by atoms with van der Waals surface area (Å²) >= 11 is 0. The van der Waals surface area contributed by atoms with Gasteiger partial charge in [-0.15, -0.1) is 0 Å². The number of carboxylic acid groups (broad SMARTS) is 1. The second kappa shape index (κ2) is 17.6. The molecule has 1 aromatic carbocycles. The lowest BCUT2D eigenvalue weighted by molar-refractivity contribution is -0.151. The minimum absolute atomic E-state index is 0.0502. The van der Waals surface area contributed by atoms with E-state index in [0.29, 0.717) is 57.2 Å². The Balaban J connectivity index is 1.85. The minimum Gasteiger partial charge on any atom is -0.480 e. The van der Waals surface area contributed by atoms with E-state index in [4.69, 9.17) is 16.0 Å². The Labute approximate surface area is 259 Å². The average Bonchev–Trinajstić information content (AvgIpc) is 3.46. The molecule has 5 atom stereocenters. The van der Waals surface area contributed by atoms with E-state index >= 15 is 0 Å². The van der Waals surface area contributed by atoms with Crippen molar-refractivity contribution in [3.05, 3.63) is 35.9 Å². The molecule has 246 valence electrons. The number of amides is 3. The molecule has 8 N–H and O–H groups in total. The van der Waals surface area contributed by atoms with Gasteiger partial charge < -0.3 is 37.0 Å². The van der Waals surface area contributed by atoms with Gasteiger partial charge in [-0.2, -0.15) is 0 Å². The first-order valence-corrected chi connectivity index (χ1v) is 17.3. The molecule has 2 fully saturated rings. The molecule has 44 heavy (non-hydrogen) atoms. The van der Waals surface area contributed by atoms with Gasteiger partial charge in [0.05, 0.1) is 0 Å². The Morgan fingerprint density at radius 2 is 1.61 bits per heavy atom. The van der Waals surface area contributed by atoms with Gasteiger partial charge in [0.25, 0.3) is 5.91 Å². The zero-order valence-corrected chi connectivity index (χ0v) is 26.2. The van der Waals surface area contributed by atoms with Crippen molar-refractivity contribution in [3.63, 3.8) is 0 Å². The molecule has 0 bridgehead atoms. The number of carbonyl (C=O) groups excluding carboxylic acids is 3. The number of nitrogens with one attached hydrogen (secondary N) is 2. The van der Waals surface area contributed by atoms with E-state index in [1.807, 2.05) is 0 Å². The topological polar surface area (TPSA) is 214 Å². The van der Waals surface area contributed by atoms with Crippen molar-refractivity contribution in [2.75, 3.05) is 19.6 Å². The number of nitrogens with two attached hydrogens (primary N) is 2. The van der Waals surface area contributed by atoms with Crippen molar-refractivity contribution in [3.8, 4) is 0 Å². The van der Waals surface area contributed by atoms with Crippen LogP contribution in [0.25, 0.3) is 0 Å². The van der Waals surface area contributed by atoms with Crippen molar-refractivity contribution < 1.29 is 38.3 Å². The molecule has 2 aliphatic rings. The quantitative estimate of drug-likeness (QED) is 0.0956. The number of aliphatic carboxylic acids is 1. The van der Waals surface area contributed by atoms with Crippen LogP contribution in [0.5, 0.6) is 0 Å². The second-order valence-electron chi connectivity index (χ2n) is 11.7. The van der Waals surface area contributed by atoms with Gasteiger partial charge in [-0.3, -0.25) is 23.5 Å². The highest BCUT2D eigenvalue weighted by Crippen LogP contribution is 2.49. The number of rotatable bonds is 19. The highest BCUT2D eigenvalue weighted by molar-refractivity contribution is 7.53. The maximum Gasteiger partial charge on any atom is 0.351 e. The Morgan fingerprint density at radius 3 is 2.20 bits per heavy atom. The number of hydrogen-bond donors (Lipinski definition) is 6. The number of benzene rings is 1. The van der Waals surface area contributed by atoms with Crippen molar-refractivity contribution >= 4 is 31.3 Å². The van der Waals surface area contributed by atoms with E-state index in [0.717, 1.165) is 19.3 Å². The smallest absolute Gasteiger partial charge is 0.351 e. The molecule has 1 aliphatic carbocycles. The third-order valence-corrected chi connectivity index (χ3v) is 9.98. The van der Waals surface area contributed by atoms with Crippen LogP contribution in [0.15, 0.2) is 30.3 Å². The summed E-state index contributed by atoms with van der Waals surface area (Å²) in [4.78, 5) is 64.3. The number of nitrogens with zero attached hydrogens (tertiary/aromatic N) is 1. The molecule has 0 spiro atoms. The largest absolute Gasteiger partial charge is 0.480 e. The Hall–Kier alpha value is -2.83. The highest BCUT2D eigenvalue weighted by atomic mass is 31.2. The number of carboxylic acids is 1. The van der Waals surface area contributed by atoms with Crippen LogP contribution in [0.1, 0.15) is 76.2 Å². The lowest BCUT2D eigenvalue weighted by Gasteiger charge is -2.32. The molecule has 1 aliphatic heterocycles. The Kier molecular flexibility index (Phi) is 14.3. The lowest BCUT2D eigenvalue weighted by atomic mass is 9.84. The van der Waals surface area contributed by atoms with Crippen LogP contribution in [0.2, 0.25) is 0 Å². The number of likely N-dealkylation sites (tertiary alicyclic amines) is 1. The molecule has 13 nitrogen and oxygen atoms in total. The normalized spacial score (nSPS) is 20.2. The summed E-state index contributed by atoms with van der Waals surface area (Å²) in [7, 11) is -4.77. The first kappa shape index (κ1) is 35.6. The van der Waals surface area contributed by atoms with E-state index in [-0.39, 0.29) is 37.6 Å². The van der Waals surface area contributed by atoms with Gasteiger partial charge in [-0.1, -0.05) is 36.8 Å². The van der Waals surface area contributed by atoms with Crippen LogP contribution in [0, 0.1) is 5.92 Å². The molecule has 1 heterocycles. The van der Waals surface area contributed by atoms with Gasteiger partial charge >= 0.3 is 13.6 Å². The summed E-state index contributed by atoms with van der Waals surface area (Å²) in [6.45, 7) is 0.947. The standard InChI is InChI=1S/C30H48N5O8P/c31-17-6-4-14-23(33-27(36)22-12-8-13-22)28(37)34-26(20-21-10-2-1-3-11-21)44(41,42)43-25(16-5-7-18-32)29(38)35-19-9-15-24(35)30(39)40/h1-3,10-11,22-26H,4-9,12-20,31-32H2,(H,33,36)(H,34,37)(H,39,40)(H,41,42)/t23-,24-,25?,26-/m0/s1. The second-order valence-corrected chi connectivity index (χ2v) is 13.6. The maximum atomic E-state index is 14.0. The predicted molar refractivity (Wildman–Crippen MR) is 164 cm³/mol. The van der Waals surface area contributed by atoms with E-state index in [1.54, 1.807) is 30.3 Å².